The maximum atomic E-state index is 4.71. The van der Waals surface area contributed by atoms with Crippen LogP contribution < -0.4 is 10.2 Å². The van der Waals surface area contributed by atoms with Crippen molar-refractivity contribution in [2.24, 2.45) is 0 Å². The Morgan fingerprint density at radius 3 is 2.41 bits per heavy atom. The molecule has 0 aliphatic carbocycles. The SMILES string of the molecule is CCc1cc(CC)nc(N2CCC(Nc3nccs3)CC2)n1. The third kappa shape index (κ3) is 3.55. The highest BCUT2D eigenvalue weighted by atomic mass is 32.1. The van der Waals surface area contributed by atoms with Gasteiger partial charge in [-0.3, -0.25) is 0 Å². The molecule has 1 aliphatic rings. The van der Waals surface area contributed by atoms with Gasteiger partial charge in [0, 0.05) is 42.1 Å². The summed E-state index contributed by atoms with van der Waals surface area (Å²) in [5.74, 6) is 0.906. The van der Waals surface area contributed by atoms with Crippen LogP contribution in [0.25, 0.3) is 0 Å². The van der Waals surface area contributed by atoms with Gasteiger partial charge >= 0.3 is 0 Å². The largest absolute Gasteiger partial charge is 0.359 e. The van der Waals surface area contributed by atoms with Crippen LogP contribution in [0, 0.1) is 0 Å². The Balaban J connectivity index is 1.63. The summed E-state index contributed by atoms with van der Waals surface area (Å²) in [5.41, 5.74) is 2.29. The Labute approximate surface area is 135 Å². The Morgan fingerprint density at radius 2 is 1.86 bits per heavy atom. The molecule has 0 atom stereocenters. The molecular weight excluding hydrogens is 294 g/mol. The Kier molecular flexibility index (Phi) is 4.87. The van der Waals surface area contributed by atoms with Crippen LogP contribution in [0.1, 0.15) is 38.1 Å². The van der Waals surface area contributed by atoms with Crippen LogP contribution in [0.2, 0.25) is 0 Å². The van der Waals surface area contributed by atoms with Crippen molar-refractivity contribution < 1.29 is 0 Å². The normalized spacial score (nSPS) is 16.0. The highest BCUT2D eigenvalue weighted by Crippen LogP contribution is 2.21. The first kappa shape index (κ1) is 15.2. The molecule has 22 heavy (non-hydrogen) atoms. The zero-order valence-corrected chi connectivity index (χ0v) is 14.1. The summed E-state index contributed by atoms with van der Waals surface area (Å²) in [6.07, 6.45) is 5.97. The van der Waals surface area contributed by atoms with Gasteiger partial charge < -0.3 is 10.2 Å². The fourth-order valence-electron chi connectivity index (χ4n) is 2.74. The highest BCUT2D eigenvalue weighted by molar-refractivity contribution is 7.13. The highest BCUT2D eigenvalue weighted by Gasteiger charge is 2.21. The van der Waals surface area contributed by atoms with E-state index in [9.17, 15) is 0 Å². The van der Waals surface area contributed by atoms with E-state index >= 15 is 0 Å². The Hall–Kier alpha value is -1.69. The zero-order valence-electron chi connectivity index (χ0n) is 13.2. The lowest BCUT2D eigenvalue weighted by atomic mass is 10.1. The molecule has 1 N–H and O–H groups in total. The van der Waals surface area contributed by atoms with Crippen LogP contribution in [-0.2, 0) is 12.8 Å². The predicted octanol–water partition coefficient (Wildman–Crippen LogP) is 3.14. The van der Waals surface area contributed by atoms with E-state index in [1.54, 1.807) is 11.3 Å². The number of nitrogens with one attached hydrogen (secondary N) is 1. The maximum absolute atomic E-state index is 4.71. The van der Waals surface area contributed by atoms with E-state index in [0.29, 0.717) is 6.04 Å². The molecule has 0 aromatic carbocycles. The van der Waals surface area contributed by atoms with Crippen LogP contribution >= 0.6 is 11.3 Å². The van der Waals surface area contributed by atoms with Crippen molar-refractivity contribution in [1.29, 1.82) is 0 Å². The minimum Gasteiger partial charge on any atom is -0.359 e. The molecule has 0 amide bonds. The summed E-state index contributed by atoms with van der Waals surface area (Å²) < 4.78 is 0. The molecule has 5 nitrogen and oxygen atoms in total. The number of aryl methyl sites for hydroxylation is 2. The molecule has 0 saturated carbocycles. The predicted molar refractivity (Wildman–Crippen MR) is 91.8 cm³/mol. The molecule has 0 spiro atoms. The summed E-state index contributed by atoms with van der Waals surface area (Å²) in [5, 5.41) is 6.55. The molecule has 1 aliphatic heterocycles. The van der Waals surface area contributed by atoms with Crippen molar-refractivity contribution in [3.05, 3.63) is 29.0 Å². The van der Waals surface area contributed by atoms with Gasteiger partial charge in [-0.25, -0.2) is 15.0 Å². The Morgan fingerprint density at radius 1 is 1.18 bits per heavy atom. The van der Waals surface area contributed by atoms with Crippen molar-refractivity contribution in [3.63, 3.8) is 0 Å². The summed E-state index contributed by atoms with van der Waals surface area (Å²) in [6, 6.07) is 2.63. The molecular formula is C16H23N5S. The average Bonchev–Trinajstić information content (AvgIpc) is 3.08. The van der Waals surface area contributed by atoms with E-state index in [-0.39, 0.29) is 0 Å². The molecule has 1 saturated heterocycles. The first-order valence-electron chi connectivity index (χ1n) is 8.06. The van der Waals surface area contributed by atoms with E-state index in [0.717, 1.165) is 61.2 Å². The van der Waals surface area contributed by atoms with Crippen molar-refractivity contribution in [2.45, 2.75) is 45.6 Å². The minimum absolute atomic E-state index is 0.502. The molecule has 3 heterocycles. The van der Waals surface area contributed by atoms with Gasteiger partial charge in [0.1, 0.15) is 0 Å². The lowest BCUT2D eigenvalue weighted by Crippen LogP contribution is -2.40. The van der Waals surface area contributed by atoms with Crippen LogP contribution in [0.5, 0.6) is 0 Å². The van der Waals surface area contributed by atoms with Crippen LogP contribution in [0.4, 0.5) is 11.1 Å². The monoisotopic (exact) mass is 317 g/mol. The third-order valence-electron chi connectivity index (χ3n) is 4.08. The third-order valence-corrected chi connectivity index (χ3v) is 4.79. The van der Waals surface area contributed by atoms with Gasteiger partial charge in [0.05, 0.1) is 0 Å². The molecule has 6 heteroatoms. The van der Waals surface area contributed by atoms with Gasteiger partial charge in [-0.1, -0.05) is 13.8 Å². The number of rotatable bonds is 5. The van der Waals surface area contributed by atoms with Crippen molar-refractivity contribution >= 4 is 22.4 Å². The minimum atomic E-state index is 0.502. The number of thiazole rings is 1. The number of piperidine rings is 1. The van der Waals surface area contributed by atoms with E-state index in [4.69, 9.17) is 9.97 Å². The van der Waals surface area contributed by atoms with Gasteiger partial charge in [0.15, 0.2) is 5.13 Å². The van der Waals surface area contributed by atoms with Crippen LogP contribution in [0.15, 0.2) is 17.6 Å². The van der Waals surface area contributed by atoms with Gasteiger partial charge in [-0.2, -0.15) is 0 Å². The van der Waals surface area contributed by atoms with E-state index in [2.05, 4.69) is 35.1 Å². The molecule has 0 radical (unpaired) electrons. The number of hydrogen-bond donors (Lipinski definition) is 1. The quantitative estimate of drug-likeness (QED) is 0.918. The lowest BCUT2D eigenvalue weighted by Gasteiger charge is -2.32. The van der Waals surface area contributed by atoms with Gasteiger partial charge in [-0.05, 0) is 31.7 Å². The van der Waals surface area contributed by atoms with Crippen LogP contribution in [0.3, 0.4) is 0 Å². The molecule has 0 unspecified atom stereocenters. The topological polar surface area (TPSA) is 53.9 Å². The van der Waals surface area contributed by atoms with Crippen molar-refractivity contribution in [1.82, 2.24) is 15.0 Å². The summed E-state index contributed by atoms with van der Waals surface area (Å²) in [4.78, 5) is 16.0. The Bertz CT molecular complexity index is 568. The maximum Gasteiger partial charge on any atom is 0.225 e. The molecule has 118 valence electrons. The molecule has 0 bridgehead atoms. The summed E-state index contributed by atoms with van der Waals surface area (Å²) >= 11 is 1.66. The van der Waals surface area contributed by atoms with E-state index in [1.165, 1.54) is 0 Å². The summed E-state index contributed by atoms with van der Waals surface area (Å²) in [6.45, 7) is 6.30. The molecule has 1 fully saturated rings. The van der Waals surface area contributed by atoms with Crippen molar-refractivity contribution in [2.75, 3.05) is 23.3 Å². The standard InChI is InChI=1S/C16H23N5S/c1-3-12-11-13(4-2)19-15(18-12)21-8-5-14(6-9-21)20-16-17-7-10-22-16/h7,10-11,14H,3-6,8-9H2,1-2H3,(H,17,20). The van der Waals surface area contributed by atoms with Crippen LogP contribution in [-0.4, -0.2) is 34.1 Å². The molecule has 2 aromatic rings. The zero-order chi connectivity index (χ0) is 15.4. The number of aromatic nitrogens is 3. The summed E-state index contributed by atoms with van der Waals surface area (Å²) in [7, 11) is 0. The molecule has 2 aromatic heterocycles. The number of nitrogens with zero attached hydrogens (tertiary/aromatic N) is 4. The smallest absolute Gasteiger partial charge is 0.225 e. The average molecular weight is 317 g/mol. The fraction of sp³-hybridized carbons (Fsp3) is 0.562. The number of hydrogen-bond acceptors (Lipinski definition) is 6. The first-order valence-corrected chi connectivity index (χ1v) is 8.94. The van der Waals surface area contributed by atoms with E-state index in [1.807, 2.05) is 11.6 Å². The number of anilines is 2. The second kappa shape index (κ2) is 7.05. The van der Waals surface area contributed by atoms with Gasteiger partial charge in [0.2, 0.25) is 5.95 Å². The van der Waals surface area contributed by atoms with Gasteiger partial charge in [-0.15, -0.1) is 11.3 Å². The van der Waals surface area contributed by atoms with E-state index < -0.39 is 0 Å². The fourth-order valence-corrected chi connectivity index (χ4v) is 3.34. The lowest BCUT2D eigenvalue weighted by molar-refractivity contribution is 0.518. The first-order chi connectivity index (χ1) is 10.8. The second-order valence-corrected chi connectivity index (χ2v) is 6.50. The van der Waals surface area contributed by atoms with Crippen molar-refractivity contribution in [3.8, 4) is 0 Å². The molecule has 3 rings (SSSR count). The van der Waals surface area contributed by atoms with Gasteiger partial charge in [0.25, 0.3) is 0 Å². The second-order valence-electron chi connectivity index (χ2n) is 5.60.